The van der Waals surface area contributed by atoms with Crippen LogP contribution in [0.2, 0.25) is 5.02 Å². The summed E-state index contributed by atoms with van der Waals surface area (Å²) in [5.41, 5.74) is 3.61. The van der Waals surface area contributed by atoms with Gasteiger partial charge in [0.05, 0.1) is 5.25 Å². The summed E-state index contributed by atoms with van der Waals surface area (Å²) in [7, 11) is 0. The van der Waals surface area contributed by atoms with E-state index in [1.165, 1.54) is 11.8 Å². The van der Waals surface area contributed by atoms with Gasteiger partial charge in [0.15, 0.2) is 0 Å². The molecule has 0 aliphatic rings. The highest BCUT2D eigenvalue weighted by atomic mass is 35.5. The van der Waals surface area contributed by atoms with Crippen LogP contribution in [-0.4, -0.2) is 21.4 Å². The van der Waals surface area contributed by atoms with Gasteiger partial charge in [-0.1, -0.05) is 47.1 Å². The van der Waals surface area contributed by atoms with Crippen LogP contribution >= 0.6 is 23.4 Å². The molecule has 0 fully saturated rings. The molecule has 1 N–H and O–H groups in total. The Morgan fingerprint density at radius 3 is 2.77 bits per heavy atom. The molecular formula is C19H18ClN3O2S. The first kappa shape index (κ1) is 18.5. The van der Waals surface area contributed by atoms with Gasteiger partial charge in [-0.2, -0.15) is 0 Å². The second-order valence-electron chi connectivity index (χ2n) is 5.95. The molecule has 1 heterocycles. The average molecular weight is 388 g/mol. The Kier molecular flexibility index (Phi) is 5.64. The number of nitrogens with one attached hydrogen (secondary N) is 1. The molecule has 0 aliphatic heterocycles. The van der Waals surface area contributed by atoms with Gasteiger partial charge in [0, 0.05) is 16.3 Å². The van der Waals surface area contributed by atoms with E-state index in [1.807, 2.05) is 44.2 Å². The Bertz CT molecular complexity index is 942. The zero-order valence-electron chi connectivity index (χ0n) is 14.6. The zero-order valence-corrected chi connectivity index (χ0v) is 16.2. The number of hydrogen-bond donors (Lipinski definition) is 1. The fourth-order valence-electron chi connectivity index (χ4n) is 2.32. The Balaban J connectivity index is 1.67. The molecule has 5 nitrogen and oxygen atoms in total. The number of thioether (sulfide) groups is 1. The second kappa shape index (κ2) is 7.93. The molecule has 26 heavy (non-hydrogen) atoms. The van der Waals surface area contributed by atoms with Crippen LogP contribution in [0.15, 0.2) is 52.1 Å². The van der Waals surface area contributed by atoms with Crippen LogP contribution in [0.1, 0.15) is 18.1 Å². The van der Waals surface area contributed by atoms with Crippen LogP contribution in [0.5, 0.6) is 0 Å². The summed E-state index contributed by atoms with van der Waals surface area (Å²) in [5.74, 6) is 0.283. The molecule has 0 saturated carbocycles. The van der Waals surface area contributed by atoms with Crippen LogP contribution in [0.3, 0.4) is 0 Å². The fourth-order valence-corrected chi connectivity index (χ4v) is 3.18. The third kappa shape index (κ3) is 4.45. The Labute approximate surface area is 161 Å². The summed E-state index contributed by atoms with van der Waals surface area (Å²) in [4.78, 5) is 12.4. The minimum absolute atomic E-state index is 0.157. The van der Waals surface area contributed by atoms with Gasteiger partial charge < -0.3 is 9.73 Å². The van der Waals surface area contributed by atoms with Crippen LogP contribution < -0.4 is 5.32 Å². The predicted molar refractivity (Wildman–Crippen MR) is 105 cm³/mol. The fraction of sp³-hybridized carbons (Fsp3) is 0.211. The maximum atomic E-state index is 12.4. The maximum Gasteiger partial charge on any atom is 0.277 e. The molecule has 134 valence electrons. The standard InChI is InChI=1S/C19H18ClN3O2S/c1-11-5-4-6-14(9-11)18-22-23-19(25-18)26-13(3)17(24)21-16-10-15(20)8-7-12(16)2/h4-10,13H,1-3H3,(H,21,24). The van der Waals surface area contributed by atoms with Crippen LogP contribution in [0.25, 0.3) is 11.5 Å². The summed E-state index contributed by atoms with van der Waals surface area (Å²) in [5, 5.41) is 11.5. The van der Waals surface area contributed by atoms with Crippen molar-refractivity contribution < 1.29 is 9.21 Å². The molecule has 1 aromatic heterocycles. The summed E-state index contributed by atoms with van der Waals surface area (Å²) in [6, 6.07) is 13.2. The van der Waals surface area contributed by atoms with Crippen molar-refractivity contribution in [3.63, 3.8) is 0 Å². The number of aromatic nitrogens is 2. The van der Waals surface area contributed by atoms with Crippen molar-refractivity contribution >= 4 is 35.0 Å². The second-order valence-corrected chi connectivity index (χ2v) is 7.68. The quantitative estimate of drug-likeness (QED) is 0.615. The lowest BCUT2D eigenvalue weighted by Gasteiger charge is -2.12. The number of benzene rings is 2. The molecule has 0 saturated heterocycles. The molecule has 0 spiro atoms. The zero-order chi connectivity index (χ0) is 18.7. The number of halogens is 1. The number of amides is 1. The van der Waals surface area contributed by atoms with Crippen molar-refractivity contribution in [2.75, 3.05) is 5.32 Å². The largest absolute Gasteiger partial charge is 0.411 e. The summed E-state index contributed by atoms with van der Waals surface area (Å²) in [6.45, 7) is 5.70. The van der Waals surface area contributed by atoms with Crippen molar-refractivity contribution in [3.05, 3.63) is 58.6 Å². The first-order valence-corrected chi connectivity index (χ1v) is 9.32. The van der Waals surface area contributed by atoms with Crippen LogP contribution in [0, 0.1) is 13.8 Å². The van der Waals surface area contributed by atoms with Gasteiger partial charge in [-0.25, -0.2) is 0 Å². The van der Waals surface area contributed by atoms with Gasteiger partial charge in [-0.3, -0.25) is 4.79 Å². The van der Waals surface area contributed by atoms with E-state index in [0.29, 0.717) is 21.8 Å². The molecule has 3 aromatic rings. The maximum absolute atomic E-state index is 12.4. The minimum Gasteiger partial charge on any atom is -0.411 e. The summed E-state index contributed by atoms with van der Waals surface area (Å²) >= 11 is 7.21. The van der Waals surface area contributed by atoms with Crippen LogP contribution in [0.4, 0.5) is 5.69 Å². The van der Waals surface area contributed by atoms with E-state index in [1.54, 1.807) is 19.1 Å². The number of carbonyl (C=O) groups is 1. The van der Waals surface area contributed by atoms with E-state index >= 15 is 0 Å². The highest BCUT2D eigenvalue weighted by molar-refractivity contribution is 8.00. The topological polar surface area (TPSA) is 68.0 Å². The number of rotatable bonds is 5. The van der Waals surface area contributed by atoms with Crippen molar-refractivity contribution in [1.29, 1.82) is 0 Å². The highest BCUT2D eigenvalue weighted by Crippen LogP contribution is 2.28. The normalized spacial score (nSPS) is 12.0. The Morgan fingerprint density at radius 2 is 2.00 bits per heavy atom. The van der Waals surface area contributed by atoms with E-state index in [2.05, 4.69) is 15.5 Å². The van der Waals surface area contributed by atoms with Gasteiger partial charge >= 0.3 is 0 Å². The van der Waals surface area contributed by atoms with E-state index < -0.39 is 5.25 Å². The molecular weight excluding hydrogens is 370 g/mol. The average Bonchev–Trinajstić information content (AvgIpc) is 3.06. The van der Waals surface area contributed by atoms with Crippen molar-refractivity contribution in [1.82, 2.24) is 10.2 Å². The first-order chi connectivity index (χ1) is 12.4. The smallest absolute Gasteiger partial charge is 0.277 e. The van der Waals surface area contributed by atoms with E-state index in [9.17, 15) is 4.79 Å². The van der Waals surface area contributed by atoms with E-state index in [-0.39, 0.29) is 5.91 Å². The summed E-state index contributed by atoms with van der Waals surface area (Å²) in [6.07, 6.45) is 0. The number of anilines is 1. The van der Waals surface area contributed by atoms with E-state index in [0.717, 1.165) is 16.7 Å². The van der Waals surface area contributed by atoms with Gasteiger partial charge in [0.1, 0.15) is 0 Å². The molecule has 2 aromatic carbocycles. The van der Waals surface area contributed by atoms with Crippen molar-refractivity contribution in [2.24, 2.45) is 0 Å². The number of aryl methyl sites for hydroxylation is 2. The molecule has 1 amide bonds. The third-order valence-electron chi connectivity index (χ3n) is 3.78. The predicted octanol–water partition coefficient (Wildman–Crippen LogP) is 5.13. The molecule has 1 atom stereocenters. The highest BCUT2D eigenvalue weighted by Gasteiger charge is 2.19. The van der Waals surface area contributed by atoms with E-state index in [4.69, 9.17) is 16.0 Å². The minimum atomic E-state index is -0.404. The van der Waals surface area contributed by atoms with Crippen molar-refractivity contribution in [3.8, 4) is 11.5 Å². The van der Waals surface area contributed by atoms with Crippen LogP contribution in [-0.2, 0) is 4.79 Å². The molecule has 1 unspecified atom stereocenters. The number of carbonyl (C=O) groups excluding carboxylic acids is 1. The summed E-state index contributed by atoms with van der Waals surface area (Å²) < 4.78 is 5.68. The first-order valence-electron chi connectivity index (χ1n) is 8.06. The molecule has 7 heteroatoms. The Hall–Kier alpha value is -2.31. The third-order valence-corrected chi connectivity index (χ3v) is 4.95. The molecule has 0 aliphatic carbocycles. The van der Waals surface area contributed by atoms with Gasteiger partial charge in [-0.15, -0.1) is 10.2 Å². The number of hydrogen-bond acceptors (Lipinski definition) is 5. The van der Waals surface area contributed by atoms with Gasteiger partial charge in [0.25, 0.3) is 5.22 Å². The lowest BCUT2D eigenvalue weighted by Crippen LogP contribution is -2.22. The molecule has 0 radical (unpaired) electrons. The monoisotopic (exact) mass is 387 g/mol. The lowest BCUT2D eigenvalue weighted by molar-refractivity contribution is -0.115. The lowest BCUT2D eigenvalue weighted by atomic mass is 10.1. The van der Waals surface area contributed by atoms with Crippen molar-refractivity contribution in [2.45, 2.75) is 31.2 Å². The SMILES string of the molecule is Cc1cccc(-c2nnc(SC(C)C(=O)Nc3cc(Cl)ccc3C)o2)c1. The Morgan fingerprint density at radius 1 is 1.19 bits per heavy atom. The molecule has 3 rings (SSSR count). The number of nitrogens with zero attached hydrogens (tertiary/aromatic N) is 2. The molecule has 0 bridgehead atoms. The van der Waals surface area contributed by atoms with Gasteiger partial charge in [-0.05, 0) is 50.6 Å². The van der Waals surface area contributed by atoms with Gasteiger partial charge in [0.2, 0.25) is 11.8 Å².